The Balaban J connectivity index is 1.92. The molecule has 1 heterocycles. The first-order valence-electron chi connectivity index (χ1n) is 7.52. The van der Waals surface area contributed by atoms with Crippen molar-refractivity contribution in [3.63, 3.8) is 0 Å². The lowest BCUT2D eigenvalue weighted by Crippen LogP contribution is -2.16. The van der Waals surface area contributed by atoms with Crippen molar-refractivity contribution in [3.8, 4) is 11.5 Å². The summed E-state index contributed by atoms with van der Waals surface area (Å²) in [5.74, 6) is -0.312. The number of ether oxygens (including phenoxy) is 1. The maximum Gasteiger partial charge on any atom is 0.266 e. The number of anilines is 1. The highest BCUT2D eigenvalue weighted by Gasteiger charge is 2.16. The third-order valence-corrected chi connectivity index (χ3v) is 3.70. The number of hydrogen-bond donors (Lipinski definition) is 2. The molecule has 26 heavy (non-hydrogen) atoms. The van der Waals surface area contributed by atoms with E-state index in [0.717, 1.165) is 0 Å². The molecule has 3 aromatic rings. The van der Waals surface area contributed by atoms with E-state index in [4.69, 9.17) is 16.3 Å². The minimum absolute atomic E-state index is 0.193. The second kappa shape index (κ2) is 7.37. The molecule has 1 amide bonds. The SMILES string of the molecule is Cc1cc(F)ccc1Oc1cc(Cl)ccc1C(=O)Nc1cn[nH]c(=O)c1. The predicted octanol–water partition coefficient (Wildman–Crippen LogP) is 3.92. The van der Waals surface area contributed by atoms with E-state index in [-0.39, 0.29) is 22.8 Å². The Hall–Kier alpha value is -3.19. The lowest BCUT2D eigenvalue weighted by Gasteiger charge is -2.13. The lowest BCUT2D eigenvalue weighted by molar-refractivity contribution is 0.102. The highest BCUT2D eigenvalue weighted by atomic mass is 35.5. The van der Waals surface area contributed by atoms with Crippen LogP contribution in [-0.4, -0.2) is 16.1 Å². The maximum atomic E-state index is 13.3. The number of benzene rings is 2. The number of aromatic nitrogens is 2. The quantitative estimate of drug-likeness (QED) is 0.726. The average Bonchev–Trinajstić information content (AvgIpc) is 2.57. The molecule has 0 fully saturated rings. The summed E-state index contributed by atoms with van der Waals surface area (Å²) in [5.41, 5.74) is 0.545. The van der Waals surface area contributed by atoms with E-state index in [2.05, 4.69) is 15.5 Å². The zero-order valence-corrected chi connectivity index (χ0v) is 14.3. The van der Waals surface area contributed by atoms with Crippen LogP contribution >= 0.6 is 11.6 Å². The van der Waals surface area contributed by atoms with Gasteiger partial charge in [-0.25, -0.2) is 9.49 Å². The smallest absolute Gasteiger partial charge is 0.266 e. The third kappa shape index (κ3) is 4.07. The summed E-state index contributed by atoms with van der Waals surface area (Å²) in [7, 11) is 0. The molecule has 132 valence electrons. The molecule has 0 atom stereocenters. The highest BCUT2D eigenvalue weighted by Crippen LogP contribution is 2.31. The van der Waals surface area contributed by atoms with Crippen LogP contribution in [0, 0.1) is 12.7 Å². The first-order chi connectivity index (χ1) is 12.4. The number of amides is 1. The predicted molar refractivity (Wildman–Crippen MR) is 95.5 cm³/mol. The third-order valence-electron chi connectivity index (χ3n) is 3.47. The van der Waals surface area contributed by atoms with Gasteiger partial charge in [-0.15, -0.1) is 0 Å². The molecule has 0 spiro atoms. The Morgan fingerprint density at radius 1 is 1.19 bits per heavy atom. The Labute approximate surface area is 152 Å². The number of halogens is 2. The molecule has 0 aliphatic rings. The van der Waals surface area contributed by atoms with E-state index in [1.165, 1.54) is 48.7 Å². The number of nitrogens with zero attached hydrogens (tertiary/aromatic N) is 1. The van der Waals surface area contributed by atoms with Gasteiger partial charge in [-0.3, -0.25) is 9.59 Å². The molecule has 1 aromatic heterocycles. The largest absolute Gasteiger partial charge is 0.456 e. The number of aryl methyl sites for hydroxylation is 1. The van der Waals surface area contributed by atoms with Crippen molar-refractivity contribution in [1.82, 2.24) is 10.2 Å². The van der Waals surface area contributed by atoms with E-state index < -0.39 is 11.5 Å². The van der Waals surface area contributed by atoms with Crippen LogP contribution in [0.2, 0.25) is 5.02 Å². The van der Waals surface area contributed by atoms with Crippen LogP contribution in [0.1, 0.15) is 15.9 Å². The van der Waals surface area contributed by atoms with E-state index in [1.807, 2.05) is 0 Å². The van der Waals surface area contributed by atoms with Gasteiger partial charge in [0.2, 0.25) is 0 Å². The summed E-state index contributed by atoms with van der Waals surface area (Å²) in [4.78, 5) is 23.8. The number of carbonyl (C=O) groups is 1. The Kier molecular flexibility index (Phi) is 4.99. The van der Waals surface area contributed by atoms with Crippen molar-refractivity contribution in [2.45, 2.75) is 6.92 Å². The van der Waals surface area contributed by atoms with Crippen LogP contribution in [0.4, 0.5) is 10.1 Å². The van der Waals surface area contributed by atoms with Crippen LogP contribution in [0.3, 0.4) is 0 Å². The topological polar surface area (TPSA) is 84.1 Å². The minimum Gasteiger partial charge on any atom is -0.456 e. The monoisotopic (exact) mass is 373 g/mol. The molecule has 0 bridgehead atoms. The molecule has 0 aliphatic heterocycles. The van der Waals surface area contributed by atoms with Crippen LogP contribution < -0.4 is 15.6 Å². The first-order valence-corrected chi connectivity index (χ1v) is 7.90. The van der Waals surface area contributed by atoms with Crippen molar-refractivity contribution < 1.29 is 13.9 Å². The second-order valence-corrected chi connectivity index (χ2v) is 5.88. The molecule has 0 aliphatic carbocycles. The fraction of sp³-hybridized carbons (Fsp3) is 0.0556. The molecule has 6 nitrogen and oxygen atoms in total. The van der Waals surface area contributed by atoms with Crippen molar-refractivity contribution in [3.05, 3.63) is 81.0 Å². The number of hydrogen-bond acceptors (Lipinski definition) is 4. The van der Waals surface area contributed by atoms with Crippen LogP contribution in [-0.2, 0) is 0 Å². The van der Waals surface area contributed by atoms with Gasteiger partial charge in [-0.1, -0.05) is 11.6 Å². The average molecular weight is 374 g/mol. The van der Waals surface area contributed by atoms with Crippen LogP contribution in [0.15, 0.2) is 53.5 Å². The lowest BCUT2D eigenvalue weighted by atomic mass is 10.1. The van der Waals surface area contributed by atoms with E-state index in [1.54, 1.807) is 6.92 Å². The zero-order chi connectivity index (χ0) is 18.7. The minimum atomic E-state index is -0.510. The van der Waals surface area contributed by atoms with Crippen LogP contribution in [0.25, 0.3) is 0 Å². The zero-order valence-electron chi connectivity index (χ0n) is 13.5. The molecular weight excluding hydrogens is 361 g/mol. The molecule has 8 heteroatoms. The number of aromatic amines is 1. The van der Waals surface area contributed by atoms with Crippen molar-refractivity contribution in [1.29, 1.82) is 0 Å². The molecular formula is C18H13ClFN3O3. The fourth-order valence-corrected chi connectivity index (χ4v) is 2.42. The van der Waals surface area contributed by atoms with Gasteiger partial charge in [-0.2, -0.15) is 5.10 Å². The van der Waals surface area contributed by atoms with Gasteiger partial charge in [0.25, 0.3) is 11.5 Å². The summed E-state index contributed by atoms with van der Waals surface area (Å²) >= 11 is 6.01. The molecule has 0 saturated heterocycles. The summed E-state index contributed by atoms with van der Waals surface area (Å²) in [6.45, 7) is 1.69. The van der Waals surface area contributed by atoms with E-state index in [9.17, 15) is 14.0 Å². The van der Waals surface area contributed by atoms with Gasteiger partial charge in [0.15, 0.2) is 0 Å². The molecule has 2 aromatic carbocycles. The van der Waals surface area contributed by atoms with E-state index in [0.29, 0.717) is 16.3 Å². The van der Waals surface area contributed by atoms with Crippen molar-refractivity contribution >= 4 is 23.2 Å². The van der Waals surface area contributed by atoms with Crippen molar-refractivity contribution in [2.24, 2.45) is 0 Å². The van der Waals surface area contributed by atoms with Gasteiger partial charge in [0.1, 0.15) is 17.3 Å². The fourth-order valence-electron chi connectivity index (χ4n) is 2.26. The number of carbonyl (C=O) groups excluding carboxylic acids is 1. The Morgan fingerprint density at radius 3 is 2.73 bits per heavy atom. The van der Waals surface area contributed by atoms with Crippen molar-refractivity contribution in [2.75, 3.05) is 5.32 Å². The summed E-state index contributed by atoms with van der Waals surface area (Å²) in [6, 6.07) is 9.76. The number of nitrogens with one attached hydrogen (secondary N) is 2. The standard InChI is InChI=1S/C18H13ClFN3O3/c1-10-6-12(20)3-5-15(10)26-16-7-11(19)2-4-14(16)18(25)22-13-8-17(24)23-21-9-13/h2-9H,1H3,(H2,22,23,24,25). The summed E-state index contributed by atoms with van der Waals surface area (Å²) < 4.78 is 19.0. The summed E-state index contributed by atoms with van der Waals surface area (Å²) in [6.07, 6.45) is 1.31. The molecule has 0 radical (unpaired) electrons. The van der Waals surface area contributed by atoms with E-state index >= 15 is 0 Å². The molecule has 3 rings (SSSR count). The van der Waals surface area contributed by atoms with Gasteiger partial charge in [0.05, 0.1) is 17.4 Å². The normalized spacial score (nSPS) is 10.4. The van der Waals surface area contributed by atoms with Gasteiger partial charge >= 0.3 is 0 Å². The Morgan fingerprint density at radius 2 is 2.00 bits per heavy atom. The molecule has 2 N–H and O–H groups in total. The summed E-state index contributed by atoms with van der Waals surface area (Å²) in [5, 5.41) is 8.77. The molecule has 0 unspecified atom stereocenters. The van der Waals surface area contributed by atoms with Crippen LogP contribution in [0.5, 0.6) is 11.5 Å². The highest BCUT2D eigenvalue weighted by molar-refractivity contribution is 6.31. The Bertz CT molecular complexity index is 1040. The number of rotatable bonds is 4. The molecule has 0 saturated carbocycles. The number of H-pyrrole nitrogens is 1. The second-order valence-electron chi connectivity index (χ2n) is 5.44. The van der Waals surface area contributed by atoms with Gasteiger partial charge < -0.3 is 10.1 Å². The first kappa shape index (κ1) is 17.6. The van der Waals surface area contributed by atoms with Gasteiger partial charge in [0, 0.05) is 17.2 Å². The maximum absolute atomic E-state index is 13.3. The van der Waals surface area contributed by atoms with Gasteiger partial charge in [-0.05, 0) is 42.8 Å².